The molecule has 0 heterocycles. The van der Waals surface area contributed by atoms with Gasteiger partial charge in [0.1, 0.15) is 0 Å². The van der Waals surface area contributed by atoms with Crippen molar-refractivity contribution in [3.05, 3.63) is 11.3 Å². The molecule has 2 aliphatic rings. The van der Waals surface area contributed by atoms with Crippen LogP contribution in [0, 0.1) is 11.8 Å². The van der Waals surface area contributed by atoms with Crippen molar-refractivity contribution in [1.29, 1.82) is 0 Å². The van der Waals surface area contributed by atoms with E-state index in [1.165, 1.54) is 24.5 Å². The van der Waals surface area contributed by atoms with E-state index in [-0.39, 0.29) is 0 Å². The minimum atomic E-state index is -2.50. The Labute approximate surface area is 81.6 Å². The fourth-order valence-electron chi connectivity index (χ4n) is 2.17. The zero-order chi connectivity index (χ0) is 8.06. The SMILES string of the molecule is Cl[Si](Cl)(Cl)C1=CC2CCC1C2. The summed E-state index contributed by atoms with van der Waals surface area (Å²) in [5.74, 6) is 1.36. The Morgan fingerprint density at radius 2 is 2.00 bits per heavy atom. The highest BCUT2D eigenvalue weighted by molar-refractivity contribution is 7.67. The first-order chi connectivity index (χ1) is 5.07. The van der Waals surface area contributed by atoms with Crippen molar-refractivity contribution in [2.24, 2.45) is 11.8 Å². The number of hydrogen-bond donors (Lipinski definition) is 0. The number of allylic oxidation sites excluding steroid dienone is 2. The summed E-state index contributed by atoms with van der Waals surface area (Å²) in [7, 11) is 0. The summed E-state index contributed by atoms with van der Waals surface area (Å²) in [5.41, 5.74) is 0. The van der Waals surface area contributed by atoms with Gasteiger partial charge in [-0.3, -0.25) is 0 Å². The quantitative estimate of drug-likeness (QED) is 0.475. The van der Waals surface area contributed by atoms with Crippen molar-refractivity contribution >= 4 is 39.2 Å². The molecule has 0 spiro atoms. The van der Waals surface area contributed by atoms with Gasteiger partial charge in [-0.15, -0.1) is 33.2 Å². The van der Waals surface area contributed by atoms with Crippen LogP contribution in [0.5, 0.6) is 0 Å². The van der Waals surface area contributed by atoms with Gasteiger partial charge < -0.3 is 0 Å². The molecule has 0 aromatic rings. The van der Waals surface area contributed by atoms with Crippen LogP contribution in [0.4, 0.5) is 0 Å². The van der Waals surface area contributed by atoms with E-state index in [1.54, 1.807) is 0 Å². The van der Waals surface area contributed by atoms with Crippen molar-refractivity contribution in [2.75, 3.05) is 0 Å². The normalized spacial score (nSPS) is 36.1. The van der Waals surface area contributed by atoms with Crippen LogP contribution in [0.3, 0.4) is 0 Å². The Balaban J connectivity index is 2.23. The summed E-state index contributed by atoms with van der Waals surface area (Å²) in [6.07, 6.45) is 6.02. The topological polar surface area (TPSA) is 0 Å². The van der Waals surface area contributed by atoms with E-state index >= 15 is 0 Å². The van der Waals surface area contributed by atoms with Gasteiger partial charge in [-0.25, -0.2) is 0 Å². The summed E-state index contributed by atoms with van der Waals surface area (Å²) in [6, 6.07) is -2.50. The molecule has 0 N–H and O–H groups in total. The van der Waals surface area contributed by atoms with Crippen LogP contribution in [-0.2, 0) is 0 Å². The van der Waals surface area contributed by atoms with Crippen molar-refractivity contribution < 1.29 is 0 Å². The van der Waals surface area contributed by atoms with Crippen molar-refractivity contribution in [3.63, 3.8) is 0 Å². The predicted octanol–water partition coefficient (Wildman–Crippen LogP) is 3.54. The second-order valence-electron chi connectivity index (χ2n) is 3.39. The van der Waals surface area contributed by atoms with E-state index in [0.29, 0.717) is 5.92 Å². The molecule has 0 radical (unpaired) electrons. The molecule has 2 aliphatic carbocycles. The monoisotopic (exact) mass is 226 g/mol. The third kappa shape index (κ3) is 1.49. The Kier molecular flexibility index (Phi) is 2.04. The fraction of sp³-hybridized carbons (Fsp3) is 0.714. The first-order valence-corrected chi connectivity index (χ1v) is 8.90. The molecule has 1 saturated carbocycles. The highest BCUT2D eigenvalue weighted by Gasteiger charge is 2.43. The van der Waals surface area contributed by atoms with E-state index in [1.807, 2.05) is 0 Å². The molecule has 11 heavy (non-hydrogen) atoms. The van der Waals surface area contributed by atoms with Gasteiger partial charge in [0.2, 0.25) is 0 Å². The second kappa shape index (κ2) is 2.66. The Hall–Kier alpha value is 0.827. The van der Waals surface area contributed by atoms with Crippen LogP contribution < -0.4 is 0 Å². The molecule has 2 rings (SSSR count). The summed E-state index contributed by atoms with van der Waals surface area (Å²) >= 11 is 17.8. The van der Waals surface area contributed by atoms with Crippen LogP contribution in [0.1, 0.15) is 19.3 Å². The molecule has 4 heteroatoms. The molecule has 2 atom stereocenters. The summed E-state index contributed by atoms with van der Waals surface area (Å²) in [5, 5.41) is 1.18. The minimum Gasteiger partial charge on any atom is -0.121 e. The van der Waals surface area contributed by atoms with Gasteiger partial charge in [0, 0.05) is 0 Å². The maximum absolute atomic E-state index is 5.93. The van der Waals surface area contributed by atoms with Crippen LogP contribution in [-0.4, -0.2) is 6.00 Å². The second-order valence-corrected chi connectivity index (χ2v) is 11.8. The molecule has 2 unspecified atom stereocenters. The molecular formula is C7H9Cl3Si. The number of hydrogen-bond acceptors (Lipinski definition) is 0. The minimum absolute atomic E-state index is 0.624. The molecule has 0 saturated heterocycles. The molecule has 0 aromatic heterocycles. The molecular weight excluding hydrogens is 219 g/mol. The average molecular weight is 228 g/mol. The van der Waals surface area contributed by atoms with Crippen molar-refractivity contribution in [1.82, 2.24) is 0 Å². The van der Waals surface area contributed by atoms with Crippen molar-refractivity contribution in [2.45, 2.75) is 19.3 Å². The smallest absolute Gasteiger partial charge is 0.121 e. The lowest BCUT2D eigenvalue weighted by Crippen LogP contribution is -2.19. The lowest BCUT2D eigenvalue weighted by Gasteiger charge is -2.17. The highest BCUT2D eigenvalue weighted by Crippen LogP contribution is 2.49. The van der Waals surface area contributed by atoms with Crippen LogP contribution in [0.15, 0.2) is 11.3 Å². The average Bonchev–Trinajstić information content (AvgIpc) is 2.42. The zero-order valence-electron chi connectivity index (χ0n) is 5.99. The van der Waals surface area contributed by atoms with Gasteiger partial charge in [0.25, 0.3) is 0 Å². The first-order valence-electron chi connectivity index (χ1n) is 3.86. The maximum atomic E-state index is 5.93. The zero-order valence-corrected chi connectivity index (χ0v) is 9.26. The van der Waals surface area contributed by atoms with Crippen LogP contribution in [0.2, 0.25) is 0 Å². The van der Waals surface area contributed by atoms with E-state index in [9.17, 15) is 0 Å². The number of halogens is 3. The molecule has 0 amide bonds. The van der Waals surface area contributed by atoms with Gasteiger partial charge >= 0.3 is 6.00 Å². The lowest BCUT2D eigenvalue weighted by molar-refractivity contribution is 0.682. The predicted molar refractivity (Wildman–Crippen MR) is 52.2 cm³/mol. The lowest BCUT2D eigenvalue weighted by atomic mass is 10.1. The first kappa shape index (κ1) is 8.43. The van der Waals surface area contributed by atoms with E-state index in [0.717, 1.165) is 5.92 Å². The van der Waals surface area contributed by atoms with E-state index in [2.05, 4.69) is 6.08 Å². The van der Waals surface area contributed by atoms with Gasteiger partial charge in [-0.1, -0.05) is 6.08 Å². The molecule has 0 nitrogen and oxygen atoms in total. The van der Waals surface area contributed by atoms with Gasteiger partial charge in [-0.05, 0) is 36.3 Å². The van der Waals surface area contributed by atoms with Crippen LogP contribution in [0.25, 0.3) is 0 Å². The third-order valence-corrected chi connectivity index (χ3v) is 5.85. The van der Waals surface area contributed by atoms with Gasteiger partial charge in [0.05, 0.1) is 0 Å². The Bertz CT molecular complexity index is 206. The number of fused-ring (bicyclic) bond motifs is 2. The summed E-state index contributed by atoms with van der Waals surface area (Å²) in [6.45, 7) is 0. The highest BCUT2D eigenvalue weighted by atomic mass is 35.8. The summed E-state index contributed by atoms with van der Waals surface area (Å²) < 4.78 is 0. The van der Waals surface area contributed by atoms with Gasteiger partial charge in [0.15, 0.2) is 0 Å². The molecule has 62 valence electrons. The standard InChI is InChI=1S/C7H9Cl3Si/c8-11(9,10)7-4-5-1-2-6(7)3-5/h4-6H,1-3H2. The molecule has 0 aromatic carbocycles. The van der Waals surface area contributed by atoms with Gasteiger partial charge in [-0.2, -0.15) is 0 Å². The number of rotatable bonds is 1. The largest absolute Gasteiger partial charge is 0.368 e. The van der Waals surface area contributed by atoms with E-state index < -0.39 is 6.00 Å². The third-order valence-electron chi connectivity index (χ3n) is 2.66. The van der Waals surface area contributed by atoms with Crippen molar-refractivity contribution in [3.8, 4) is 0 Å². The Morgan fingerprint density at radius 3 is 2.27 bits per heavy atom. The molecule has 1 fully saturated rings. The van der Waals surface area contributed by atoms with E-state index in [4.69, 9.17) is 33.2 Å². The van der Waals surface area contributed by atoms with Crippen LogP contribution >= 0.6 is 33.2 Å². The maximum Gasteiger partial charge on any atom is 0.368 e. The Morgan fingerprint density at radius 1 is 1.27 bits per heavy atom. The molecule has 0 aliphatic heterocycles. The summed E-state index contributed by atoms with van der Waals surface area (Å²) in [4.78, 5) is 0. The fourth-order valence-corrected chi connectivity index (χ4v) is 5.27. The molecule has 2 bridgehead atoms.